The van der Waals surface area contributed by atoms with Crippen LogP contribution in [0.3, 0.4) is 0 Å². The van der Waals surface area contributed by atoms with Gasteiger partial charge in [0.25, 0.3) is 0 Å². The van der Waals surface area contributed by atoms with Crippen LogP contribution in [0.1, 0.15) is 275 Å². The molecular weight excluding hydrogens is 1630 g/mol. The third kappa shape index (κ3) is 45.0. The molecule has 8 amide bonds. The second-order valence-corrected chi connectivity index (χ2v) is 34.7. The summed E-state index contributed by atoms with van der Waals surface area (Å²) in [5.41, 5.74) is 11.3. The van der Waals surface area contributed by atoms with E-state index in [1.54, 1.807) is 98.0 Å². The van der Waals surface area contributed by atoms with Gasteiger partial charge in [-0.1, -0.05) is 218 Å². The summed E-state index contributed by atoms with van der Waals surface area (Å²) in [7, 11) is 15.3. The lowest BCUT2D eigenvalue weighted by Gasteiger charge is -2.37. The number of hydrogen-bond acceptors (Lipinski definition) is 20. The van der Waals surface area contributed by atoms with Crippen LogP contribution < -0.4 is 79.6 Å². The number of fused-ring (bicyclic) bond motifs is 3. The third-order valence-corrected chi connectivity index (χ3v) is 22.5. The zero-order valence-corrected chi connectivity index (χ0v) is 80.8. The van der Waals surface area contributed by atoms with Crippen molar-refractivity contribution in [2.75, 3.05) is 96.3 Å². The van der Waals surface area contributed by atoms with Crippen LogP contribution in [0.5, 0.6) is 5.75 Å². The molecule has 0 saturated heterocycles. The first-order chi connectivity index (χ1) is 62.0. The minimum absolute atomic E-state index is 0.0188. The molecule has 1 aliphatic rings. The number of carbonyl (C=O) groups excluding carboxylic acids is 10. The summed E-state index contributed by atoms with van der Waals surface area (Å²) >= 11 is 0. The first-order valence-electron chi connectivity index (χ1n) is 47.1. The summed E-state index contributed by atoms with van der Waals surface area (Å²) < 4.78 is 22.0. The Hall–Kier alpha value is -9.84. The molecule has 0 bridgehead atoms. The van der Waals surface area contributed by atoms with E-state index in [9.17, 15) is 47.9 Å². The molecule has 1 aliphatic carbocycles. The number of methoxy groups -OCH3 is 1. The molecule has 15 N–H and O–H groups in total. The fraction of sp³-hybridized carbons (Fsp3) is 0.604. The van der Waals surface area contributed by atoms with Gasteiger partial charge in [0.2, 0.25) is 41.4 Å². The molecular formula is C101H162N14O14. The molecule has 0 saturated carbocycles. The lowest BCUT2D eigenvalue weighted by Crippen LogP contribution is -2.45. The van der Waals surface area contributed by atoms with Crippen molar-refractivity contribution in [1.82, 2.24) is 69.1 Å². The van der Waals surface area contributed by atoms with Gasteiger partial charge >= 0.3 is 18.0 Å². The monoisotopic (exact) mass is 1800 g/mol. The Morgan fingerprint density at radius 2 is 0.713 bits per heavy atom. The second kappa shape index (κ2) is 65.7. The van der Waals surface area contributed by atoms with E-state index >= 15 is 0 Å². The Bertz CT molecular complexity index is 3910. The largest absolute Gasteiger partial charge is 0.497 e. The fourth-order valence-corrected chi connectivity index (χ4v) is 15.3. The molecule has 720 valence electrons. The van der Waals surface area contributed by atoms with Crippen LogP contribution in [0.2, 0.25) is 0 Å². The highest BCUT2D eigenvalue weighted by Crippen LogP contribution is 2.45. The van der Waals surface area contributed by atoms with Crippen molar-refractivity contribution in [3.8, 4) is 16.9 Å². The van der Waals surface area contributed by atoms with Crippen LogP contribution in [0.25, 0.3) is 11.1 Å². The van der Waals surface area contributed by atoms with E-state index in [1.807, 2.05) is 67.7 Å². The summed E-state index contributed by atoms with van der Waals surface area (Å²) in [5, 5.41) is 37.6. The van der Waals surface area contributed by atoms with E-state index < -0.39 is 46.9 Å². The van der Waals surface area contributed by atoms with E-state index in [4.69, 9.17) is 24.7 Å². The number of benzene rings is 5. The number of nitrogens with two attached hydrogens (primary N) is 1. The lowest BCUT2D eigenvalue weighted by atomic mass is 9.77. The third-order valence-electron chi connectivity index (χ3n) is 22.5. The molecule has 28 heteroatoms. The van der Waals surface area contributed by atoms with Gasteiger partial charge in [0.05, 0.1) is 36.8 Å². The van der Waals surface area contributed by atoms with Gasteiger partial charge < -0.3 is 88.5 Å². The molecule has 129 heavy (non-hydrogen) atoms. The number of unbranched alkanes of at least 4 members (excludes halogenated alkanes) is 16. The van der Waals surface area contributed by atoms with Crippen molar-refractivity contribution in [3.63, 3.8) is 0 Å². The first-order valence-corrected chi connectivity index (χ1v) is 47.1. The van der Waals surface area contributed by atoms with Crippen LogP contribution >= 0.6 is 0 Å². The number of ether oxygens (including phenoxy) is 4. The van der Waals surface area contributed by atoms with Gasteiger partial charge in [0.15, 0.2) is 0 Å². The van der Waals surface area contributed by atoms with Crippen molar-refractivity contribution in [2.45, 2.75) is 300 Å². The minimum Gasteiger partial charge on any atom is -0.497 e. The molecule has 0 aliphatic heterocycles. The Labute approximate surface area is 771 Å². The summed E-state index contributed by atoms with van der Waals surface area (Å²) in [6.07, 6.45) is 26.0. The van der Waals surface area contributed by atoms with Gasteiger partial charge in [-0.3, -0.25) is 38.9 Å². The standard InChI is InChI=1S/C33H64N4O5.C32H44N4O6.C28H35N3O2.C8H19N3O/c1-7-8-9-10-11-12-13-14-15-16-17-18-19-23-30(39)37-28(32(41)42-33(2,3)4)24-25-29(38)36-26-21-20-22-27(34-5)31(40)35-6;1-32(2,3)42-30(39)27(17-18-28(37)35-19-11-10-16-26(33-4)29(38)34-5)36-31(40)41-20-25-23-14-8-6-12-21(23)22-13-7-9-15-24(22)25;1-29-26(27(32)30-2)16-10-11-21-31-28(22-12-6-4-7-13-22,23-14-8-5-9-15-23)24-17-19-25(33-3)20-18-24;1-10-7(8(12)11-2)5-3-4-6-9/h27-28,34H,7-26H2,1-6H3,(H,35,40)(H,36,38)(H,37,39);6-9,12-15,25-27,33H,10-11,16-20H2,1-5H3,(H,34,38)(H,35,37)(H,36,40);4-9,12-15,17-20,26,29,31H,10-11,16,21H2,1-3H3,(H,30,32);7,10H,3-6,9H2,1-2H3,(H,11,12)/t27-,28-;26-,27-;26-;7-/m0000/s1. The van der Waals surface area contributed by atoms with Gasteiger partial charge in [0.1, 0.15) is 35.6 Å². The van der Waals surface area contributed by atoms with E-state index in [-0.39, 0.29) is 104 Å². The molecule has 28 nitrogen and oxygen atoms in total. The summed E-state index contributed by atoms with van der Waals surface area (Å²) in [5.74, 6) is -1.05. The quantitative estimate of drug-likeness (QED) is 0.00744. The predicted octanol–water partition coefficient (Wildman–Crippen LogP) is 12.9. The van der Waals surface area contributed by atoms with Gasteiger partial charge in [-0.15, -0.1) is 0 Å². The Kier molecular flexibility index (Phi) is 57.7. The topological polar surface area (TPSA) is 390 Å². The summed E-state index contributed by atoms with van der Waals surface area (Å²) in [4.78, 5) is 123. The normalized spacial score (nSPS) is 12.9. The van der Waals surface area contributed by atoms with Crippen LogP contribution in [0, 0.1) is 0 Å². The molecule has 6 rings (SSSR count). The highest BCUT2D eigenvalue weighted by molar-refractivity contribution is 5.87. The number of amides is 8. The Balaban J connectivity index is 0.000000470. The maximum atomic E-state index is 12.9. The van der Waals surface area contributed by atoms with Crippen molar-refractivity contribution < 1.29 is 66.9 Å². The summed E-state index contributed by atoms with van der Waals surface area (Å²) in [6.45, 7) is 15.4. The smallest absolute Gasteiger partial charge is 0.407 e. The van der Waals surface area contributed by atoms with Crippen molar-refractivity contribution >= 4 is 59.4 Å². The van der Waals surface area contributed by atoms with Crippen molar-refractivity contribution in [1.29, 1.82) is 0 Å². The average Bonchev–Trinajstić information content (AvgIpc) is 1.71. The highest BCUT2D eigenvalue weighted by Gasteiger charge is 2.37. The average molecular weight is 1800 g/mol. The first kappa shape index (κ1) is 113. The molecule has 0 spiro atoms. The number of likely N-dealkylation sites (N-methyl/N-ethyl adjacent to an activating group) is 8. The predicted molar refractivity (Wildman–Crippen MR) is 516 cm³/mol. The molecule has 5 aromatic carbocycles. The van der Waals surface area contributed by atoms with Gasteiger partial charge in [-0.2, -0.15) is 0 Å². The maximum Gasteiger partial charge on any atom is 0.407 e. The van der Waals surface area contributed by atoms with E-state index in [0.29, 0.717) is 45.3 Å². The molecule has 0 heterocycles. The van der Waals surface area contributed by atoms with Crippen molar-refractivity contribution in [3.05, 3.63) is 161 Å². The fourth-order valence-electron chi connectivity index (χ4n) is 15.3. The maximum absolute atomic E-state index is 12.9. The number of nitrogens with one attached hydrogen (secondary N) is 13. The number of alkyl carbamates (subject to hydrolysis) is 1. The number of rotatable bonds is 58. The number of hydrogen-bond donors (Lipinski definition) is 14. The number of esters is 2. The SMILES string of the molecule is CCCCCCCCCCCCCCCC(=O)N[C@@H](CCC(=O)NCCCC[C@H](NC)C(=O)NC)C(=O)OC(C)(C)C.CNC(=O)[C@H](CCCCN)NC.CNC(=O)[C@H](CCCCNC(=O)CC[C@H](NC(=O)OCC1c2ccccc2-c2ccccc21)C(=O)OC(C)(C)C)NC.CNC(=O)[C@H](CCCCNC(c1ccccc1)(c1ccccc1)c1ccc(OC)cc1)NC. The lowest BCUT2D eigenvalue weighted by molar-refractivity contribution is -0.159. The zero-order chi connectivity index (χ0) is 95.3. The highest BCUT2D eigenvalue weighted by atomic mass is 16.6. The zero-order valence-electron chi connectivity index (χ0n) is 80.8. The van der Waals surface area contributed by atoms with Crippen LogP contribution in [-0.2, 0) is 62.9 Å². The summed E-state index contributed by atoms with van der Waals surface area (Å²) in [6, 6.07) is 42.8. The molecule has 0 unspecified atom stereocenters. The van der Waals surface area contributed by atoms with Gasteiger partial charge in [0, 0.05) is 66.5 Å². The van der Waals surface area contributed by atoms with Crippen LogP contribution in [0.15, 0.2) is 133 Å². The van der Waals surface area contributed by atoms with E-state index in [2.05, 4.69) is 149 Å². The molecule has 0 aromatic heterocycles. The van der Waals surface area contributed by atoms with Gasteiger partial charge in [-0.05, 0) is 217 Å². The molecule has 0 radical (unpaired) electrons. The Morgan fingerprint density at radius 1 is 0.364 bits per heavy atom. The van der Waals surface area contributed by atoms with Gasteiger partial charge in [-0.25, -0.2) is 14.4 Å². The Morgan fingerprint density at radius 3 is 1.08 bits per heavy atom. The molecule has 6 atom stereocenters. The van der Waals surface area contributed by atoms with Crippen LogP contribution in [0.4, 0.5) is 4.79 Å². The molecule has 0 fully saturated rings. The van der Waals surface area contributed by atoms with Crippen LogP contribution in [-0.4, -0.2) is 203 Å². The van der Waals surface area contributed by atoms with E-state index in [1.165, 1.54) is 75.3 Å². The van der Waals surface area contributed by atoms with E-state index in [0.717, 1.165) is 117 Å². The second-order valence-electron chi connectivity index (χ2n) is 34.7. The van der Waals surface area contributed by atoms with Crippen molar-refractivity contribution in [2.24, 2.45) is 5.73 Å². The molecule has 5 aromatic rings. The minimum atomic E-state index is -1.05. The number of carbonyl (C=O) groups is 10.